The van der Waals surface area contributed by atoms with Gasteiger partial charge in [-0.2, -0.15) is 0 Å². The fourth-order valence-electron chi connectivity index (χ4n) is 2.01. The minimum absolute atomic E-state index is 0.286. The van der Waals surface area contributed by atoms with Crippen molar-refractivity contribution < 1.29 is 4.74 Å². The summed E-state index contributed by atoms with van der Waals surface area (Å²) in [5, 5.41) is 4.56. The van der Waals surface area contributed by atoms with Crippen molar-refractivity contribution >= 4 is 23.2 Å². The quantitative estimate of drug-likeness (QED) is 0.720. The van der Waals surface area contributed by atoms with Gasteiger partial charge in [0.05, 0.1) is 5.02 Å². The molecule has 0 aliphatic carbocycles. The third-order valence-electron chi connectivity index (χ3n) is 3.18. The topological polar surface area (TPSA) is 21.3 Å². The monoisotopic (exact) mass is 323 g/mol. The van der Waals surface area contributed by atoms with E-state index in [0.717, 1.165) is 18.7 Å². The van der Waals surface area contributed by atoms with Crippen LogP contribution in [0.25, 0.3) is 0 Å². The molecular weight excluding hydrogens is 305 g/mol. The van der Waals surface area contributed by atoms with E-state index >= 15 is 0 Å². The van der Waals surface area contributed by atoms with E-state index < -0.39 is 0 Å². The highest BCUT2D eigenvalue weighted by Gasteiger charge is 2.08. The summed E-state index contributed by atoms with van der Waals surface area (Å²) in [5.41, 5.74) is 1.19. The van der Waals surface area contributed by atoms with Crippen LogP contribution < -0.4 is 10.1 Å². The third-order valence-corrected chi connectivity index (χ3v) is 3.71. The van der Waals surface area contributed by atoms with Crippen LogP contribution in [0.4, 0.5) is 0 Å². The van der Waals surface area contributed by atoms with E-state index in [0.29, 0.717) is 15.8 Å². The van der Waals surface area contributed by atoms with E-state index in [9.17, 15) is 0 Å². The maximum Gasteiger partial charge on any atom is 0.146 e. The largest absolute Gasteiger partial charge is 0.456 e. The van der Waals surface area contributed by atoms with Crippen molar-refractivity contribution in [2.24, 2.45) is 0 Å². The van der Waals surface area contributed by atoms with Crippen molar-refractivity contribution in [3.05, 3.63) is 58.1 Å². The molecule has 0 aliphatic heterocycles. The highest BCUT2D eigenvalue weighted by atomic mass is 35.5. The summed E-state index contributed by atoms with van der Waals surface area (Å²) in [7, 11) is 0. The molecule has 2 rings (SSSR count). The average molecular weight is 324 g/mol. The second-order valence-electron chi connectivity index (χ2n) is 4.93. The molecule has 1 atom stereocenters. The summed E-state index contributed by atoms with van der Waals surface area (Å²) in [6.07, 6.45) is 1.11. The molecule has 0 amide bonds. The van der Waals surface area contributed by atoms with Gasteiger partial charge >= 0.3 is 0 Å². The first-order valence-electron chi connectivity index (χ1n) is 7.06. The van der Waals surface area contributed by atoms with Gasteiger partial charge in [0.1, 0.15) is 11.5 Å². The van der Waals surface area contributed by atoms with Crippen LogP contribution in [0.1, 0.15) is 31.9 Å². The summed E-state index contributed by atoms with van der Waals surface area (Å²) in [5.74, 6) is 1.37. The summed E-state index contributed by atoms with van der Waals surface area (Å²) >= 11 is 12.0. The zero-order chi connectivity index (χ0) is 15.2. The Kier molecular flexibility index (Phi) is 5.92. The molecule has 0 aliphatic rings. The van der Waals surface area contributed by atoms with Gasteiger partial charge in [-0.25, -0.2) is 0 Å². The lowest BCUT2D eigenvalue weighted by atomic mass is 10.1. The first-order chi connectivity index (χ1) is 10.1. The first kappa shape index (κ1) is 16.2. The number of hydrogen-bond donors (Lipinski definition) is 1. The van der Waals surface area contributed by atoms with Crippen LogP contribution in [0.5, 0.6) is 11.5 Å². The van der Waals surface area contributed by atoms with Gasteiger partial charge in [-0.1, -0.05) is 42.3 Å². The molecular formula is C17H19Cl2NO. The van der Waals surface area contributed by atoms with Gasteiger partial charge in [0.2, 0.25) is 0 Å². The van der Waals surface area contributed by atoms with E-state index in [4.69, 9.17) is 27.9 Å². The fraction of sp³-hybridized carbons (Fsp3) is 0.294. The molecule has 4 heteroatoms. The van der Waals surface area contributed by atoms with Gasteiger partial charge in [-0.05, 0) is 55.8 Å². The van der Waals surface area contributed by atoms with E-state index in [1.807, 2.05) is 18.2 Å². The number of hydrogen-bond acceptors (Lipinski definition) is 2. The lowest BCUT2D eigenvalue weighted by molar-refractivity contribution is 0.480. The van der Waals surface area contributed by atoms with Crippen molar-refractivity contribution in [3.63, 3.8) is 0 Å². The molecule has 0 saturated carbocycles. The number of nitrogens with one attached hydrogen (secondary N) is 1. The molecule has 2 nitrogen and oxygen atoms in total. The van der Waals surface area contributed by atoms with Crippen LogP contribution in [0.2, 0.25) is 10.0 Å². The zero-order valence-electron chi connectivity index (χ0n) is 12.2. The molecule has 0 saturated heterocycles. The van der Waals surface area contributed by atoms with Crippen LogP contribution in [0.15, 0.2) is 42.5 Å². The molecule has 2 aromatic carbocycles. The standard InChI is InChI=1S/C17H19Cl2NO/c1-3-9-20-12(2)13-5-4-6-15(10-13)21-17-8-7-14(18)11-16(17)19/h4-8,10-12,20H,3,9H2,1-2H3. The van der Waals surface area contributed by atoms with Crippen molar-refractivity contribution in [2.45, 2.75) is 26.3 Å². The van der Waals surface area contributed by atoms with Gasteiger partial charge in [-0.15, -0.1) is 0 Å². The van der Waals surface area contributed by atoms with Gasteiger partial charge in [0.25, 0.3) is 0 Å². The Morgan fingerprint density at radius 1 is 1.14 bits per heavy atom. The Labute approximate surface area is 136 Å². The molecule has 0 bridgehead atoms. The molecule has 1 N–H and O–H groups in total. The smallest absolute Gasteiger partial charge is 0.146 e. The predicted octanol–water partition coefficient (Wildman–Crippen LogP) is 5.85. The Morgan fingerprint density at radius 3 is 2.67 bits per heavy atom. The van der Waals surface area contributed by atoms with Crippen LogP contribution in [-0.2, 0) is 0 Å². The Hall–Kier alpha value is -1.22. The maximum absolute atomic E-state index is 6.13. The second-order valence-corrected chi connectivity index (χ2v) is 5.77. The van der Waals surface area contributed by atoms with Crippen molar-refractivity contribution in [1.29, 1.82) is 0 Å². The van der Waals surface area contributed by atoms with Crippen molar-refractivity contribution in [3.8, 4) is 11.5 Å². The molecule has 0 fully saturated rings. The van der Waals surface area contributed by atoms with E-state index in [2.05, 4.69) is 25.2 Å². The van der Waals surface area contributed by atoms with Crippen LogP contribution >= 0.6 is 23.2 Å². The molecule has 0 aromatic heterocycles. The second kappa shape index (κ2) is 7.69. The molecule has 1 unspecified atom stereocenters. The van der Waals surface area contributed by atoms with Crippen LogP contribution in [-0.4, -0.2) is 6.54 Å². The SMILES string of the molecule is CCCNC(C)c1cccc(Oc2ccc(Cl)cc2Cl)c1. The molecule has 0 radical (unpaired) electrons. The number of benzene rings is 2. The molecule has 0 heterocycles. The normalized spacial score (nSPS) is 12.2. The lowest BCUT2D eigenvalue weighted by Crippen LogP contribution is -2.19. The number of halogens is 2. The fourth-order valence-corrected chi connectivity index (χ4v) is 2.46. The molecule has 2 aromatic rings. The summed E-state index contributed by atoms with van der Waals surface area (Å²) < 4.78 is 5.84. The highest BCUT2D eigenvalue weighted by Crippen LogP contribution is 2.32. The Balaban J connectivity index is 2.13. The number of rotatable bonds is 6. The summed E-state index contributed by atoms with van der Waals surface area (Å²) in [4.78, 5) is 0. The lowest BCUT2D eigenvalue weighted by Gasteiger charge is -2.15. The van der Waals surface area contributed by atoms with Gasteiger partial charge in [0.15, 0.2) is 0 Å². The molecule has 0 spiro atoms. The van der Waals surface area contributed by atoms with Gasteiger partial charge in [-0.3, -0.25) is 0 Å². The predicted molar refractivity (Wildman–Crippen MR) is 89.7 cm³/mol. The van der Waals surface area contributed by atoms with Crippen molar-refractivity contribution in [2.75, 3.05) is 6.54 Å². The Bertz CT molecular complexity index is 601. The van der Waals surface area contributed by atoms with Crippen molar-refractivity contribution in [1.82, 2.24) is 5.32 Å². The molecule has 112 valence electrons. The minimum Gasteiger partial charge on any atom is -0.456 e. The van der Waals surface area contributed by atoms with E-state index in [1.54, 1.807) is 18.2 Å². The minimum atomic E-state index is 0.286. The van der Waals surface area contributed by atoms with E-state index in [-0.39, 0.29) is 6.04 Å². The summed E-state index contributed by atoms with van der Waals surface area (Å²) in [6.45, 7) is 5.29. The van der Waals surface area contributed by atoms with Crippen LogP contribution in [0.3, 0.4) is 0 Å². The van der Waals surface area contributed by atoms with Crippen LogP contribution in [0, 0.1) is 0 Å². The highest BCUT2D eigenvalue weighted by molar-refractivity contribution is 6.35. The van der Waals surface area contributed by atoms with Gasteiger partial charge < -0.3 is 10.1 Å². The first-order valence-corrected chi connectivity index (χ1v) is 7.82. The van der Waals surface area contributed by atoms with E-state index in [1.165, 1.54) is 5.56 Å². The molecule has 21 heavy (non-hydrogen) atoms. The zero-order valence-corrected chi connectivity index (χ0v) is 13.7. The average Bonchev–Trinajstić information content (AvgIpc) is 2.48. The summed E-state index contributed by atoms with van der Waals surface area (Å²) in [6, 6.07) is 13.5. The Morgan fingerprint density at radius 2 is 1.95 bits per heavy atom. The number of ether oxygens (including phenoxy) is 1. The van der Waals surface area contributed by atoms with Gasteiger partial charge in [0, 0.05) is 11.1 Å². The maximum atomic E-state index is 6.13. The third kappa shape index (κ3) is 4.63.